The molecule has 0 radical (unpaired) electrons. The van der Waals surface area contributed by atoms with Crippen LogP contribution in [0.4, 0.5) is 4.79 Å². The minimum absolute atomic E-state index is 0.247. The smallest absolute Gasteiger partial charge is 0.293 e. The fourth-order valence-corrected chi connectivity index (χ4v) is 3.99. The summed E-state index contributed by atoms with van der Waals surface area (Å²) in [7, 11) is 0. The molecular formula is C22H22ClNO4S. The number of aryl methyl sites for hydroxylation is 1. The first-order valence-electron chi connectivity index (χ1n) is 9.33. The molecule has 5 nitrogen and oxygen atoms in total. The number of halogens is 1. The lowest BCUT2D eigenvalue weighted by molar-refractivity contribution is -0.123. The van der Waals surface area contributed by atoms with Crippen molar-refractivity contribution in [1.82, 2.24) is 4.90 Å². The molecule has 7 heteroatoms. The molecule has 2 aromatic carbocycles. The van der Waals surface area contributed by atoms with E-state index >= 15 is 0 Å². The summed E-state index contributed by atoms with van der Waals surface area (Å²) >= 11 is 7.27. The van der Waals surface area contributed by atoms with E-state index < -0.39 is 0 Å². The molecule has 0 spiro atoms. The van der Waals surface area contributed by atoms with Crippen molar-refractivity contribution in [1.29, 1.82) is 0 Å². The lowest BCUT2D eigenvalue weighted by Crippen LogP contribution is -2.27. The van der Waals surface area contributed by atoms with Crippen LogP contribution in [-0.2, 0) is 11.3 Å². The summed E-state index contributed by atoms with van der Waals surface area (Å²) in [5.74, 6) is 0.663. The van der Waals surface area contributed by atoms with Gasteiger partial charge in [-0.25, -0.2) is 0 Å². The molecule has 2 aromatic rings. The van der Waals surface area contributed by atoms with Gasteiger partial charge in [-0.15, -0.1) is 0 Å². The molecule has 1 fully saturated rings. The average molecular weight is 432 g/mol. The van der Waals surface area contributed by atoms with E-state index in [1.807, 2.05) is 45.0 Å². The Balaban J connectivity index is 1.86. The molecule has 1 aliphatic rings. The second kappa shape index (κ2) is 9.37. The summed E-state index contributed by atoms with van der Waals surface area (Å²) in [5, 5.41) is 0.104. The Kier molecular flexibility index (Phi) is 6.87. The van der Waals surface area contributed by atoms with Crippen molar-refractivity contribution in [3.05, 3.63) is 63.0 Å². The third-order valence-electron chi connectivity index (χ3n) is 4.25. The maximum atomic E-state index is 12.8. The average Bonchev–Trinajstić information content (AvgIpc) is 2.94. The molecule has 3 rings (SSSR count). The lowest BCUT2D eigenvalue weighted by atomic mass is 10.1. The third-order valence-corrected chi connectivity index (χ3v) is 5.44. The van der Waals surface area contributed by atoms with Gasteiger partial charge in [-0.2, -0.15) is 0 Å². The first-order valence-corrected chi connectivity index (χ1v) is 10.5. The molecule has 152 valence electrons. The van der Waals surface area contributed by atoms with Crippen LogP contribution >= 0.6 is 23.4 Å². The van der Waals surface area contributed by atoms with Gasteiger partial charge in [0.1, 0.15) is 0 Å². The maximum Gasteiger partial charge on any atom is 0.293 e. The molecule has 0 unspecified atom stereocenters. The van der Waals surface area contributed by atoms with Gasteiger partial charge in [-0.3, -0.25) is 14.5 Å². The van der Waals surface area contributed by atoms with Crippen molar-refractivity contribution in [2.24, 2.45) is 0 Å². The molecule has 2 amide bonds. The number of hydrogen-bond acceptors (Lipinski definition) is 5. The van der Waals surface area contributed by atoms with Crippen LogP contribution in [0.25, 0.3) is 6.08 Å². The van der Waals surface area contributed by atoms with Crippen molar-refractivity contribution in [2.75, 3.05) is 13.2 Å². The van der Waals surface area contributed by atoms with E-state index in [2.05, 4.69) is 0 Å². The molecule has 29 heavy (non-hydrogen) atoms. The van der Waals surface area contributed by atoms with Crippen LogP contribution in [0.1, 0.15) is 30.5 Å². The number of nitrogens with zero attached hydrogens (tertiary/aromatic N) is 1. The van der Waals surface area contributed by atoms with E-state index in [1.165, 1.54) is 4.90 Å². The zero-order valence-electron chi connectivity index (χ0n) is 16.5. The Labute approximate surface area is 179 Å². The van der Waals surface area contributed by atoms with Gasteiger partial charge in [0.15, 0.2) is 11.5 Å². The van der Waals surface area contributed by atoms with Crippen molar-refractivity contribution in [3.63, 3.8) is 0 Å². The summed E-state index contributed by atoms with van der Waals surface area (Å²) in [6.45, 7) is 6.88. The number of ether oxygens (including phenoxy) is 2. The molecule has 1 saturated heterocycles. The summed E-state index contributed by atoms with van der Waals surface area (Å²) in [5.41, 5.74) is 2.70. The number of benzene rings is 2. The molecule has 0 aliphatic carbocycles. The molecule has 0 N–H and O–H groups in total. The SMILES string of the molecule is CCOc1cc(/C=C2/SC(=O)N(Cc3ccc(C)cc3)C2=O)cc(Cl)c1OCC. The second-order valence-electron chi connectivity index (χ2n) is 6.45. The van der Waals surface area contributed by atoms with Crippen molar-refractivity contribution < 1.29 is 19.1 Å². The maximum absolute atomic E-state index is 12.8. The highest BCUT2D eigenvalue weighted by Crippen LogP contribution is 2.39. The zero-order chi connectivity index (χ0) is 21.0. The van der Waals surface area contributed by atoms with Gasteiger partial charge in [0, 0.05) is 0 Å². The largest absolute Gasteiger partial charge is 0.490 e. The van der Waals surface area contributed by atoms with Crippen molar-refractivity contribution in [2.45, 2.75) is 27.3 Å². The third kappa shape index (κ3) is 4.95. The van der Waals surface area contributed by atoms with E-state index in [0.29, 0.717) is 40.2 Å². The highest BCUT2D eigenvalue weighted by Gasteiger charge is 2.35. The molecule has 0 bridgehead atoms. The van der Waals surface area contributed by atoms with Crippen LogP contribution < -0.4 is 9.47 Å². The van der Waals surface area contributed by atoms with Gasteiger partial charge in [0.05, 0.1) is 29.7 Å². The number of carbonyl (C=O) groups is 2. The van der Waals surface area contributed by atoms with Crippen LogP contribution in [0, 0.1) is 6.92 Å². The summed E-state index contributed by atoms with van der Waals surface area (Å²) < 4.78 is 11.2. The number of amides is 2. The van der Waals surface area contributed by atoms with E-state index in [-0.39, 0.29) is 17.7 Å². The lowest BCUT2D eigenvalue weighted by Gasteiger charge is -2.14. The van der Waals surface area contributed by atoms with Gasteiger partial charge in [-0.1, -0.05) is 41.4 Å². The molecule has 1 aliphatic heterocycles. The van der Waals surface area contributed by atoms with Crippen LogP contribution in [0.2, 0.25) is 5.02 Å². The van der Waals surface area contributed by atoms with E-state index in [0.717, 1.165) is 22.9 Å². The second-order valence-corrected chi connectivity index (χ2v) is 7.85. The number of hydrogen-bond donors (Lipinski definition) is 0. The van der Waals surface area contributed by atoms with Gasteiger partial charge < -0.3 is 9.47 Å². The first kappa shape index (κ1) is 21.3. The summed E-state index contributed by atoms with van der Waals surface area (Å²) in [6, 6.07) is 11.2. The predicted octanol–water partition coefficient (Wildman–Crippen LogP) is 5.68. The normalized spacial score (nSPS) is 15.3. The summed E-state index contributed by atoms with van der Waals surface area (Å²) in [4.78, 5) is 26.8. The molecule has 1 heterocycles. The minimum atomic E-state index is -0.316. The van der Waals surface area contributed by atoms with Crippen LogP contribution in [0.5, 0.6) is 11.5 Å². The number of thioether (sulfide) groups is 1. The Morgan fingerprint density at radius 1 is 1.07 bits per heavy atom. The fourth-order valence-electron chi connectivity index (χ4n) is 2.88. The standard InChI is InChI=1S/C22H22ClNO4S/c1-4-27-18-11-16(10-17(23)20(18)28-5-2)12-19-21(25)24(22(26)29-19)13-15-8-6-14(3)7-9-15/h6-12H,4-5,13H2,1-3H3/b19-12+. The van der Waals surface area contributed by atoms with Gasteiger partial charge in [0.2, 0.25) is 0 Å². The van der Waals surface area contributed by atoms with Crippen LogP contribution in [0.3, 0.4) is 0 Å². The Bertz CT molecular complexity index is 956. The predicted molar refractivity (Wildman–Crippen MR) is 116 cm³/mol. The molecule has 0 aromatic heterocycles. The monoisotopic (exact) mass is 431 g/mol. The Hall–Kier alpha value is -2.44. The zero-order valence-corrected chi connectivity index (χ0v) is 18.1. The minimum Gasteiger partial charge on any atom is -0.490 e. The van der Waals surface area contributed by atoms with Crippen LogP contribution in [0.15, 0.2) is 41.3 Å². The Morgan fingerprint density at radius 3 is 2.41 bits per heavy atom. The van der Waals surface area contributed by atoms with Crippen LogP contribution in [-0.4, -0.2) is 29.3 Å². The van der Waals surface area contributed by atoms with Gasteiger partial charge in [-0.05, 0) is 61.9 Å². The Morgan fingerprint density at radius 2 is 1.76 bits per heavy atom. The molecular weight excluding hydrogens is 410 g/mol. The highest BCUT2D eigenvalue weighted by atomic mass is 35.5. The molecule has 0 saturated carbocycles. The highest BCUT2D eigenvalue weighted by molar-refractivity contribution is 8.18. The van der Waals surface area contributed by atoms with E-state index in [1.54, 1.807) is 18.2 Å². The van der Waals surface area contributed by atoms with Crippen molar-refractivity contribution in [3.8, 4) is 11.5 Å². The van der Waals surface area contributed by atoms with E-state index in [9.17, 15) is 9.59 Å². The van der Waals surface area contributed by atoms with E-state index in [4.69, 9.17) is 21.1 Å². The van der Waals surface area contributed by atoms with Crippen molar-refractivity contribution >= 4 is 40.6 Å². The number of rotatable bonds is 7. The number of imide groups is 1. The quantitative estimate of drug-likeness (QED) is 0.527. The summed E-state index contributed by atoms with van der Waals surface area (Å²) in [6.07, 6.45) is 1.66. The number of carbonyl (C=O) groups excluding carboxylic acids is 2. The fraction of sp³-hybridized carbons (Fsp3) is 0.273. The first-order chi connectivity index (χ1) is 13.9. The molecule has 0 atom stereocenters. The van der Waals surface area contributed by atoms with Gasteiger partial charge >= 0.3 is 0 Å². The van der Waals surface area contributed by atoms with Gasteiger partial charge in [0.25, 0.3) is 11.1 Å². The topological polar surface area (TPSA) is 55.8 Å².